The third-order valence-corrected chi connectivity index (χ3v) is 12.4. The molecule has 8 aromatic carbocycles. The second-order valence-corrected chi connectivity index (χ2v) is 16.2. The molecule has 0 aromatic heterocycles. The summed E-state index contributed by atoms with van der Waals surface area (Å²) >= 11 is 0. The SMILES string of the molecule is CC1(C)c2cc3c(cc2-c2cc4ccccc4cc21)-c1ccccc1C3.CC1(C)c2ccc(-c3ccccc3[N+](=O)[O-])cc2-c2cc3ccccc3cc21. The molecule has 0 bridgehead atoms. The summed E-state index contributed by atoms with van der Waals surface area (Å²) in [4.78, 5) is 11.2. The molecule has 0 atom stereocenters. The highest BCUT2D eigenvalue weighted by molar-refractivity contribution is 5.97. The number of hydrogen-bond acceptors (Lipinski definition) is 2. The van der Waals surface area contributed by atoms with Gasteiger partial charge in [0.1, 0.15) is 0 Å². The standard InChI is InChI=1S/C26H20.C25H19NO2/c1-26(2)24-13-17-8-4-3-7-16(17)12-22(24)23-15-21-19(14-25(23)26)11-18-9-5-6-10-20(18)21;1-25(2)22-12-11-18(19-9-5-6-10-24(19)26(27)28)14-20(22)21-13-16-7-3-4-8-17(16)15-23(21)25/h3-10,12-15H,11H2,1-2H3;3-15H,1-2H3. The van der Waals surface area contributed by atoms with E-state index in [1.54, 1.807) is 12.1 Å². The lowest BCUT2D eigenvalue weighted by Crippen LogP contribution is -2.15. The van der Waals surface area contributed by atoms with Gasteiger partial charge in [-0.2, -0.15) is 0 Å². The van der Waals surface area contributed by atoms with Gasteiger partial charge in [-0.1, -0.05) is 131 Å². The molecule has 8 aromatic rings. The average Bonchev–Trinajstić information content (AvgIpc) is 3.74. The predicted molar refractivity (Wildman–Crippen MR) is 223 cm³/mol. The number of nitro benzene ring substituents is 1. The highest BCUT2D eigenvalue weighted by Crippen LogP contribution is 2.54. The molecule has 3 aliphatic carbocycles. The van der Waals surface area contributed by atoms with E-state index in [4.69, 9.17) is 0 Å². The first-order valence-electron chi connectivity index (χ1n) is 18.8. The predicted octanol–water partition coefficient (Wildman–Crippen LogP) is 13.4. The molecule has 0 aliphatic heterocycles. The number of nitrogens with zero attached hydrogens (tertiary/aromatic N) is 1. The molecule has 0 heterocycles. The summed E-state index contributed by atoms with van der Waals surface area (Å²) in [5.41, 5.74) is 18.1. The number of para-hydroxylation sites is 1. The lowest BCUT2D eigenvalue weighted by atomic mass is 9.81. The Morgan fingerprint density at radius 1 is 0.426 bits per heavy atom. The minimum Gasteiger partial charge on any atom is -0.258 e. The van der Waals surface area contributed by atoms with E-state index in [2.05, 4.69) is 149 Å². The maximum absolute atomic E-state index is 11.5. The first-order chi connectivity index (χ1) is 26.1. The Bertz CT molecular complexity index is 2890. The quantitative estimate of drug-likeness (QED) is 0.133. The van der Waals surface area contributed by atoms with Crippen molar-refractivity contribution in [2.24, 2.45) is 0 Å². The van der Waals surface area contributed by atoms with E-state index in [0.717, 1.165) is 12.0 Å². The van der Waals surface area contributed by atoms with E-state index < -0.39 is 0 Å². The summed E-state index contributed by atoms with van der Waals surface area (Å²) in [5.74, 6) is 0. The van der Waals surface area contributed by atoms with Crippen LogP contribution >= 0.6 is 0 Å². The molecular formula is C51H39NO2. The Labute approximate surface area is 315 Å². The van der Waals surface area contributed by atoms with E-state index in [9.17, 15) is 10.1 Å². The highest BCUT2D eigenvalue weighted by atomic mass is 16.6. The molecule has 0 fully saturated rings. The van der Waals surface area contributed by atoms with Crippen molar-refractivity contribution in [2.75, 3.05) is 0 Å². The number of benzene rings is 8. The van der Waals surface area contributed by atoms with E-state index in [0.29, 0.717) is 5.56 Å². The molecule has 54 heavy (non-hydrogen) atoms. The number of nitro groups is 1. The molecular weight excluding hydrogens is 659 g/mol. The van der Waals surface area contributed by atoms with E-state index >= 15 is 0 Å². The van der Waals surface area contributed by atoms with E-state index in [-0.39, 0.29) is 21.4 Å². The summed E-state index contributed by atoms with van der Waals surface area (Å²) < 4.78 is 0. The molecule has 0 amide bonds. The molecule has 0 radical (unpaired) electrons. The van der Waals surface area contributed by atoms with Gasteiger partial charge < -0.3 is 0 Å². The van der Waals surface area contributed by atoms with Crippen molar-refractivity contribution >= 4 is 27.2 Å². The number of fused-ring (bicyclic) bond motifs is 11. The number of rotatable bonds is 2. The maximum Gasteiger partial charge on any atom is 0.277 e. The molecule has 0 unspecified atom stereocenters. The van der Waals surface area contributed by atoms with Crippen molar-refractivity contribution < 1.29 is 4.92 Å². The summed E-state index contributed by atoms with van der Waals surface area (Å²) in [6.07, 6.45) is 1.06. The average molecular weight is 698 g/mol. The minimum atomic E-state index is -0.312. The molecule has 260 valence electrons. The highest BCUT2D eigenvalue weighted by Gasteiger charge is 2.38. The fraction of sp³-hybridized carbons (Fsp3) is 0.137. The molecule has 3 aliphatic rings. The van der Waals surface area contributed by atoms with Gasteiger partial charge in [-0.05, 0) is 143 Å². The normalized spacial score (nSPS) is 14.7. The van der Waals surface area contributed by atoms with Gasteiger partial charge in [0, 0.05) is 16.9 Å². The van der Waals surface area contributed by atoms with Gasteiger partial charge in [-0.25, -0.2) is 0 Å². The Hall–Kier alpha value is -6.32. The van der Waals surface area contributed by atoms with Gasteiger partial charge in [0.25, 0.3) is 5.69 Å². The first kappa shape index (κ1) is 32.3. The zero-order chi connectivity index (χ0) is 36.9. The molecule has 0 N–H and O–H groups in total. The van der Waals surface area contributed by atoms with Crippen LogP contribution in [0.3, 0.4) is 0 Å². The van der Waals surface area contributed by atoms with Crippen LogP contribution in [0.1, 0.15) is 61.1 Å². The minimum absolute atomic E-state index is 0.0541. The summed E-state index contributed by atoms with van der Waals surface area (Å²) in [7, 11) is 0. The molecule has 3 nitrogen and oxygen atoms in total. The van der Waals surface area contributed by atoms with E-state index in [1.807, 2.05) is 18.2 Å². The molecule has 0 saturated carbocycles. The monoisotopic (exact) mass is 697 g/mol. The van der Waals surface area contributed by atoms with Gasteiger partial charge in [0.05, 0.1) is 10.5 Å². The van der Waals surface area contributed by atoms with Crippen molar-refractivity contribution in [1.82, 2.24) is 0 Å². The van der Waals surface area contributed by atoms with E-state index in [1.165, 1.54) is 88.3 Å². The Kier molecular flexibility index (Phi) is 6.94. The van der Waals surface area contributed by atoms with Gasteiger partial charge in [-0.15, -0.1) is 0 Å². The van der Waals surface area contributed by atoms with Crippen molar-refractivity contribution in [2.45, 2.75) is 44.9 Å². The fourth-order valence-electron chi connectivity index (χ4n) is 9.53. The van der Waals surface area contributed by atoms with Crippen LogP contribution in [0, 0.1) is 10.1 Å². The Morgan fingerprint density at radius 2 is 0.907 bits per heavy atom. The third kappa shape index (κ3) is 4.74. The van der Waals surface area contributed by atoms with Crippen molar-refractivity contribution in [3.8, 4) is 44.5 Å². The van der Waals surface area contributed by atoms with Crippen LogP contribution in [0.4, 0.5) is 5.69 Å². The second kappa shape index (κ2) is 11.6. The van der Waals surface area contributed by atoms with Crippen molar-refractivity contribution in [1.29, 1.82) is 0 Å². The van der Waals surface area contributed by atoms with Crippen LogP contribution in [0.2, 0.25) is 0 Å². The van der Waals surface area contributed by atoms with Crippen LogP contribution in [0.25, 0.3) is 66.1 Å². The fourth-order valence-corrected chi connectivity index (χ4v) is 9.53. The maximum atomic E-state index is 11.5. The smallest absolute Gasteiger partial charge is 0.258 e. The topological polar surface area (TPSA) is 43.1 Å². The zero-order valence-corrected chi connectivity index (χ0v) is 30.9. The van der Waals surface area contributed by atoms with Gasteiger partial charge in [0.15, 0.2) is 0 Å². The van der Waals surface area contributed by atoms with Crippen LogP contribution < -0.4 is 0 Å². The van der Waals surface area contributed by atoms with Crippen LogP contribution in [0.5, 0.6) is 0 Å². The van der Waals surface area contributed by atoms with Crippen LogP contribution in [-0.2, 0) is 17.3 Å². The van der Waals surface area contributed by atoms with Crippen LogP contribution in [-0.4, -0.2) is 4.92 Å². The van der Waals surface area contributed by atoms with Crippen LogP contribution in [0.15, 0.2) is 152 Å². The van der Waals surface area contributed by atoms with Gasteiger partial charge in [0.2, 0.25) is 0 Å². The largest absolute Gasteiger partial charge is 0.277 e. The lowest BCUT2D eigenvalue weighted by molar-refractivity contribution is -0.384. The Morgan fingerprint density at radius 3 is 1.54 bits per heavy atom. The first-order valence-corrected chi connectivity index (χ1v) is 18.8. The molecule has 0 saturated heterocycles. The van der Waals surface area contributed by atoms with Gasteiger partial charge in [-0.3, -0.25) is 10.1 Å². The summed E-state index contributed by atoms with van der Waals surface area (Å²) in [6.45, 7) is 9.25. The lowest BCUT2D eigenvalue weighted by Gasteiger charge is -2.22. The molecule has 0 spiro atoms. The van der Waals surface area contributed by atoms with Crippen molar-refractivity contribution in [3.63, 3.8) is 0 Å². The third-order valence-electron chi connectivity index (χ3n) is 12.4. The number of hydrogen-bond donors (Lipinski definition) is 0. The zero-order valence-electron chi connectivity index (χ0n) is 30.9. The molecule has 11 rings (SSSR count). The summed E-state index contributed by atoms with van der Waals surface area (Å²) in [6, 6.07) is 53.4. The second-order valence-electron chi connectivity index (χ2n) is 16.2. The van der Waals surface area contributed by atoms with Crippen molar-refractivity contribution in [3.05, 3.63) is 195 Å². The summed E-state index contributed by atoms with van der Waals surface area (Å²) in [5, 5.41) is 16.6. The van der Waals surface area contributed by atoms with Gasteiger partial charge >= 0.3 is 0 Å². The molecule has 3 heteroatoms. The Balaban J connectivity index is 0.000000134.